The molecule has 34 heavy (non-hydrogen) atoms. The zero-order valence-corrected chi connectivity index (χ0v) is 15.0. The van der Waals surface area contributed by atoms with E-state index in [-0.39, 0.29) is 12.1 Å². The second-order valence-corrected chi connectivity index (χ2v) is 6.37. The molecule has 1 aromatic rings. The van der Waals surface area contributed by atoms with Crippen molar-refractivity contribution in [2.45, 2.75) is 53.6 Å². The third kappa shape index (κ3) is 3.54. The Bertz CT molecular complexity index is 863. The lowest BCUT2D eigenvalue weighted by molar-refractivity contribution is -0.469. The maximum absolute atomic E-state index is 13.8. The van der Waals surface area contributed by atoms with Gasteiger partial charge in [-0.15, -0.1) is 0 Å². The van der Waals surface area contributed by atoms with Gasteiger partial charge in [0, 0.05) is 5.56 Å². The fourth-order valence-electron chi connectivity index (χ4n) is 2.12. The monoisotopic (exact) mass is 545 g/mol. The van der Waals surface area contributed by atoms with Crippen LogP contribution in [-0.4, -0.2) is 47.6 Å². The van der Waals surface area contributed by atoms with Crippen LogP contribution in [0.1, 0.15) is 5.56 Å². The molecule has 1 radical (unpaired) electrons. The number of halogens is 19. The summed E-state index contributed by atoms with van der Waals surface area (Å²) in [6.07, 6.45) is -7.89. The molecule has 0 bridgehead atoms. The molecule has 0 aromatic heterocycles. The molecule has 0 unspecified atom stereocenters. The van der Waals surface area contributed by atoms with Crippen molar-refractivity contribution < 1.29 is 83.4 Å². The fourth-order valence-corrected chi connectivity index (χ4v) is 2.12. The molecule has 19 heteroatoms. The summed E-state index contributed by atoms with van der Waals surface area (Å²) in [5, 5.41) is 0. The van der Waals surface area contributed by atoms with Gasteiger partial charge in [0.05, 0.1) is 0 Å². The zero-order chi connectivity index (χ0) is 27.6. The van der Waals surface area contributed by atoms with Gasteiger partial charge in [-0.25, -0.2) is 0 Å². The second-order valence-electron chi connectivity index (χ2n) is 6.37. The highest BCUT2D eigenvalue weighted by atomic mass is 19.4. The molecular weight excluding hydrogens is 541 g/mol. The molecule has 0 heterocycles. The van der Waals surface area contributed by atoms with E-state index in [9.17, 15) is 83.4 Å². The third-order valence-electron chi connectivity index (χ3n) is 4.16. The Morgan fingerprint density at radius 3 is 1.03 bits per heavy atom. The van der Waals surface area contributed by atoms with Crippen LogP contribution in [0.15, 0.2) is 24.3 Å². The average Bonchev–Trinajstić information content (AvgIpc) is 2.66. The number of rotatable bonds is 8. The van der Waals surface area contributed by atoms with Gasteiger partial charge in [-0.2, -0.15) is 83.4 Å². The molecule has 0 aliphatic carbocycles. The molecule has 0 spiro atoms. The third-order valence-corrected chi connectivity index (χ3v) is 4.16. The van der Waals surface area contributed by atoms with Crippen molar-refractivity contribution in [3.8, 4) is 0 Å². The molecule has 0 saturated heterocycles. The minimum Gasteiger partial charge on any atom is -0.194 e. The summed E-state index contributed by atoms with van der Waals surface area (Å²) in [7, 11) is 0. The number of hydrogen-bond donors (Lipinski definition) is 0. The lowest BCUT2D eigenvalue weighted by Crippen LogP contribution is -2.75. The highest BCUT2D eigenvalue weighted by Gasteiger charge is 2.96. The van der Waals surface area contributed by atoms with Crippen LogP contribution in [0, 0.1) is 6.07 Å². The second kappa shape index (κ2) is 7.69. The van der Waals surface area contributed by atoms with Gasteiger partial charge in [-0.05, 0) is 6.07 Å². The Labute approximate surface area is 174 Å². The summed E-state index contributed by atoms with van der Waals surface area (Å²) in [6.45, 7) is 0. The van der Waals surface area contributed by atoms with Crippen molar-refractivity contribution in [1.29, 1.82) is 0 Å². The summed E-state index contributed by atoms with van der Waals surface area (Å²) >= 11 is 0. The molecule has 0 nitrogen and oxygen atoms in total. The SMILES string of the molecule is FC(F)(F)C(F)(F)C(F)(F)C(F)(F)C(F)(F)C(F)(F)C(F)(F)C(F)(F)C(F)(F)c1[c]cccc1. The largest absolute Gasteiger partial charge is 0.460 e. The molecule has 0 N–H and O–H groups in total. The molecule has 0 saturated carbocycles. The normalized spacial score (nSPS) is 16.1. The summed E-state index contributed by atoms with van der Waals surface area (Å²) < 4.78 is 250. The van der Waals surface area contributed by atoms with Gasteiger partial charge in [0.1, 0.15) is 0 Å². The van der Waals surface area contributed by atoms with Crippen LogP contribution in [0.5, 0.6) is 0 Å². The Morgan fingerprint density at radius 1 is 0.412 bits per heavy atom. The van der Waals surface area contributed by atoms with E-state index < -0.39 is 59.1 Å². The lowest BCUT2D eigenvalue weighted by atomic mass is 9.86. The van der Waals surface area contributed by atoms with E-state index in [1.165, 1.54) is 0 Å². The predicted octanol–water partition coefficient (Wildman–Crippen LogP) is 7.59. The van der Waals surface area contributed by atoms with Gasteiger partial charge in [-0.1, -0.05) is 24.3 Å². The van der Waals surface area contributed by atoms with E-state index in [0.29, 0.717) is 12.1 Å². The van der Waals surface area contributed by atoms with Crippen molar-refractivity contribution in [3.63, 3.8) is 0 Å². The van der Waals surface area contributed by atoms with Gasteiger partial charge in [-0.3, -0.25) is 0 Å². The highest BCUT2D eigenvalue weighted by molar-refractivity contribution is 5.25. The first-order valence-electron chi connectivity index (χ1n) is 7.67. The maximum Gasteiger partial charge on any atom is 0.460 e. The summed E-state index contributed by atoms with van der Waals surface area (Å²) in [5.41, 5.74) is -2.44. The molecule has 0 fully saturated rings. The number of alkyl halides is 19. The van der Waals surface area contributed by atoms with Gasteiger partial charge in [0.2, 0.25) is 0 Å². The molecule has 1 aromatic carbocycles. The van der Waals surface area contributed by atoms with Crippen molar-refractivity contribution in [2.24, 2.45) is 0 Å². The van der Waals surface area contributed by atoms with Crippen molar-refractivity contribution in [2.75, 3.05) is 0 Å². The highest BCUT2D eigenvalue weighted by Crippen LogP contribution is 2.66. The standard InChI is InChI=1S/C15H4F19/c16-7(17,6-4-2-1-3-5-6)8(18,19)9(20,21)10(22,23)11(24,25)12(26,27)13(28,29)14(30,31)15(32,33)34/h1-4H. The molecule has 0 atom stereocenters. The lowest BCUT2D eigenvalue weighted by Gasteiger charge is -2.43. The van der Waals surface area contributed by atoms with Crippen LogP contribution >= 0.6 is 0 Å². The Balaban J connectivity index is 3.76. The van der Waals surface area contributed by atoms with Gasteiger partial charge >= 0.3 is 53.6 Å². The van der Waals surface area contributed by atoms with Gasteiger partial charge in [0.25, 0.3) is 0 Å². The minimum absolute atomic E-state index is 0.229. The van der Waals surface area contributed by atoms with E-state index in [1.54, 1.807) is 0 Å². The van der Waals surface area contributed by atoms with Gasteiger partial charge in [0.15, 0.2) is 0 Å². The van der Waals surface area contributed by atoms with Crippen LogP contribution in [0.3, 0.4) is 0 Å². The Hall–Kier alpha value is -2.11. The van der Waals surface area contributed by atoms with Crippen LogP contribution < -0.4 is 0 Å². The quantitative estimate of drug-likeness (QED) is 0.296. The van der Waals surface area contributed by atoms with Crippen molar-refractivity contribution in [1.82, 2.24) is 0 Å². The number of hydrogen-bond acceptors (Lipinski definition) is 0. The maximum atomic E-state index is 13.8. The van der Waals surface area contributed by atoms with Crippen LogP contribution in [0.25, 0.3) is 0 Å². The first kappa shape index (κ1) is 29.9. The van der Waals surface area contributed by atoms with E-state index in [4.69, 9.17) is 0 Å². The van der Waals surface area contributed by atoms with Gasteiger partial charge < -0.3 is 0 Å². The molecule has 1 rings (SSSR count). The van der Waals surface area contributed by atoms with Crippen LogP contribution in [0.4, 0.5) is 83.4 Å². The topological polar surface area (TPSA) is 0 Å². The zero-order valence-electron chi connectivity index (χ0n) is 15.0. The van der Waals surface area contributed by atoms with E-state index in [0.717, 1.165) is 6.07 Å². The summed E-state index contributed by atoms with van der Waals surface area (Å²) in [5.74, 6) is -66.7. The predicted molar refractivity (Wildman–Crippen MR) is 69.9 cm³/mol. The van der Waals surface area contributed by atoms with Crippen molar-refractivity contribution >= 4 is 0 Å². The minimum atomic E-state index is -8.92. The van der Waals surface area contributed by atoms with Crippen LogP contribution in [-0.2, 0) is 5.92 Å². The first-order valence-corrected chi connectivity index (χ1v) is 7.67. The van der Waals surface area contributed by atoms with E-state index >= 15 is 0 Å². The molecule has 0 amide bonds. The smallest absolute Gasteiger partial charge is 0.194 e. The Morgan fingerprint density at radius 2 is 0.735 bits per heavy atom. The molecule has 197 valence electrons. The van der Waals surface area contributed by atoms with E-state index in [2.05, 4.69) is 0 Å². The molecular formula is C15H4F19. The summed E-state index contributed by atoms with van der Waals surface area (Å²) in [6, 6.07) is 2.17. The number of benzene rings is 1. The summed E-state index contributed by atoms with van der Waals surface area (Å²) in [4.78, 5) is 0. The average molecular weight is 545 g/mol. The van der Waals surface area contributed by atoms with Crippen LogP contribution in [0.2, 0.25) is 0 Å². The first-order chi connectivity index (χ1) is 14.6. The fraction of sp³-hybridized carbons (Fsp3) is 0.600. The van der Waals surface area contributed by atoms with E-state index in [1.807, 2.05) is 0 Å². The Kier molecular flexibility index (Phi) is 6.77. The van der Waals surface area contributed by atoms with Crippen molar-refractivity contribution in [3.05, 3.63) is 35.9 Å². The molecule has 0 aliphatic heterocycles. The molecule has 0 aliphatic rings.